The van der Waals surface area contributed by atoms with Gasteiger partial charge in [-0.25, -0.2) is 4.99 Å². The summed E-state index contributed by atoms with van der Waals surface area (Å²) in [7, 11) is 0. The molecule has 3 rings (SSSR count). The minimum Gasteiger partial charge on any atom is -0.381 e. The molecule has 0 unspecified atom stereocenters. The van der Waals surface area contributed by atoms with Crippen LogP contribution in [0.3, 0.4) is 0 Å². The Morgan fingerprint density at radius 2 is 2.03 bits per heavy atom. The van der Waals surface area contributed by atoms with E-state index in [0.717, 1.165) is 81.6 Å². The molecule has 2 heterocycles. The van der Waals surface area contributed by atoms with E-state index in [1.807, 2.05) is 24.4 Å². The van der Waals surface area contributed by atoms with E-state index in [1.54, 1.807) is 0 Å². The third-order valence-corrected chi connectivity index (χ3v) is 5.10. The predicted octanol–water partition coefficient (Wildman–Crippen LogP) is 4.26. The van der Waals surface area contributed by atoms with Crippen molar-refractivity contribution in [1.29, 1.82) is 0 Å². The van der Waals surface area contributed by atoms with Gasteiger partial charge in [0.05, 0.1) is 12.2 Å². The number of hydrogen-bond acceptors (Lipinski definition) is 4. The molecule has 0 spiro atoms. The van der Waals surface area contributed by atoms with Gasteiger partial charge in [-0.05, 0) is 55.9 Å². The molecule has 2 N–H and O–H groups in total. The number of halogens is 1. The molecule has 0 bridgehead atoms. The van der Waals surface area contributed by atoms with E-state index in [0.29, 0.717) is 12.5 Å². The predicted molar refractivity (Wildman–Crippen MR) is 137 cm³/mol. The molecule has 2 aromatic rings. The monoisotopic (exact) mass is 538 g/mol. The van der Waals surface area contributed by atoms with Crippen LogP contribution in [0.1, 0.15) is 31.7 Å². The largest absolute Gasteiger partial charge is 0.381 e. The molecule has 0 saturated carbocycles. The molecule has 0 aliphatic carbocycles. The molecule has 0 radical (unpaired) electrons. The number of nitrogens with zero attached hydrogens (tertiary/aromatic N) is 2. The van der Waals surface area contributed by atoms with Crippen molar-refractivity contribution in [3.8, 4) is 11.3 Å². The van der Waals surface area contributed by atoms with Crippen molar-refractivity contribution in [2.45, 2.75) is 32.7 Å². The second-order valence-corrected chi connectivity index (χ2v) is 7.52. The number of guanidine groups is 1. The topological polar surface area (TPSA) is 67.8 Å². The molecule has 1 aromatic carbocycles. The van der Waals surface area contributed by atoms with Crippen LogP contribution in [0.15, 0.2) is 53.7 Å². The average Bonchev–Trinajstić information content (AvgIpc) is 2.81. The SMILES string of the molecule is CCNC(=NCc1cccc(-c2ccccn2)c1)NCCCOCC1CCOCC1.I. The second kappa shape index (κ2) is 15.2. The summed E-state index contributed by atoms with van der Waals surface area (Å²) in [6.45, 7) is 7.76. The Morgan fingerprint density at radius 3 is 2.81 bits per heavy atom. The highest BCUT2D eigenvalue weighted by Gasteiger charge is 2.13. The molecule has 6 nitrogen and oxygen atoms in total. The zero-order valence-corrected chi connectivity index (χ0v) is 20.7. The Kier molecular flexibility index (Phi) is 12.5. The van der Waals surface area contributed by atoms with Gasteiger partial charge in [-0.1, -0.05) is 24.3 Å². The lowest BCUT2D eigenvalue weighted by molar-refractivity contribution is 0.0203. The van der Waals surface area contributed by atoms with Crippen LogP contribution in [0.5, 0.6) is 0 Å². The van der Waals surface area contributed by atoms with Gasteiger partial charge < -0.3 is 20.1 Å². The van der Waals surface area contributed by atoms with E-state index >= 15 is 0 Å². The molecule has 0 atom stereocenters. The molecule has 1 aliphatic rings. The highest BCUT2D eigenvalue weighted by Crippen LogP contribution is 2.18. The minimum absolute atomic E-state index is 0. The Bertz CT molecular complexity index is 767. The standard InChI is InChI=1S/C24H34N4O2.HI/c1-2-25-24(27-13-6-14-30-19-20-10-15-29-16-11-20)28-18-21-7-5-8-22(17-21)23-9-3-4-12-26-23;/h3-5,7-9,12,17,20H,2,6,10-11,13-16,18-19H2,1H3,(H2,25,27,28);1H. The maximum absolute atomic E-state index is 5.84. The fraction of sp³-hybridized carbons (Fsp3) is 0.500. The number of nitrogens with one attached hydrogen (secondary N) is 2. The molecular formula is C24H35IN4O2. The fourth-order valence-electron chi connectivity index (χ4n) is 3.42. The van der Waals surface area contributed by atoms with Gasteiger partial charge in [-0.15, -0.1) is 24.0 Å². The molecule has 1 aliphatic heterocycles. The van der Waals surface area contributed by atoms with Crippen LogP contribution in [0.4, 0.5) is 0 Å². The molecule has 1 fully saturated rings. The van der Waals surface area contributed by atoms with E-state index in [9.17, 15) is 0 Å². The van der Waals surface area contributed by atoms with E-state index in [-0.39, 0.29) is 24.0 Å². The number of aromatic nitrogens is 1. The van der Waals surface area contributed by atoms with Crippen LogP contribution >= 0.6 is 24.0 Å². The van der Waals surface area contributed by atoms with Crippen molar-refractivity contribution in [2.75, 3.05) is 39.5 Å². The third kappa shape index (κ3) is 9.53. The molecule has 31 heavy (non-hydrogen) atoms. The average molecular weight is 538 g/mol. The first kappa shape index (κ1) is 25.5. The lowest BCUT2D eigenvalue weighted by Gasteiger charge is -2.21. The first-order valence-corrected chi connectivity index (χ1v) is 11.0. The third-order valence-electron chi connectivity index (χ3n) is 5.10. The van der Waals surface area contributed by atoms with Crippen molar-refractivity contribution >= 4 is 29.9 Å². The van der Waals surface area contributed by atoms with Crippen molar-refractivity contribution in [1.82, 2.24) is 15.6 Å². The van der Waals surface area contributed by atoms with Gasteiger partial charge in [0, 0.05) is 51.3 Å². The summed E-state index contributed by atoms with van der Waals surface area (Å²) in [6, 6.07) is 14.4. The highest BCUT2D eigenvalue weighted by atomic mass is 127. The van der Waals surface area contributed by atoms with E-state index < -0.39 is 0 Å². The maximum atomic E-state index is 5.84. The van der Waals surface area contributed by atoms with E-state index in [4.69, 9.17) is 14.5 Å². The molecular weight excluding hydrogens is 503 g/mol. The minimum atomic E-state index is 0. The highest BCUT2D eigenvalue weighted by molar-refractivity contribution is 14.0. The van der Waals surface area contributed by atoms with Gasteiger partial charge in [0.2, 0.25) is 0 Å². The molecule has 170 valence electrons. The Morgan fingerprint density at radius 1 is 1.16 bits per heavy atom. The normalized spacial score (nSPS) is 14.7. The van der Waals surface area contributed by atoms with Gasteiger partial charge >= 0.3 is 0 Å². The number of benzene rings is 1. The number of pyridine rings is 1. The quantitative estimate of drug-likeness (QED) is 0.205. The fourth-order valence-corrected chi connectivity index (χ4v) is 3.42. The number of aliphatic imine (C=N–C) groups is 1. The van der Waals surface area contributed by atoms with Crippen LogP contribution < -0.4 is 10.6 Å². The summed E-state index contributed by atoms with van der Waals surface area (Å²) in [5.41, 5.74) is 3.26. The van der Waals surface area contributed by atoms with Gasteiger partial charge in [0.25, 0.3) is 0 Å². The first-order valence-electron chi connectivity index (χ1n) is 11.0. The van der Waals surface area contributed by atoms with Crippen LogP contribution in [0.2, 0.25) is 0 Å². The zero-order chi connectivity index (χ0) is 20.9. The zero-order valence-electron chi connectivity index (χ0n) is 18.4. The summed E-state index contributed by atoms with van der Waals surface area (Å²) < 4.78 is 11.2. The smallest absolute Gasteiger partial charge is 0.191 e. The van der Waals surface area contributed by atoms with Crippen LogP contribution in [-0.2, 0) is 16.0 Å². The molecule has 0 amide bonds. The van der Waals surface area contributed by atoms with Crippen molar-refractivity contribution in [2.24, 2.45) is 10.9 Å². The van der Waals surface area contributed by atoms with Crippen LogP contribution in [0, 0.1) is 5.92 Å². The first-order chi connectivity index (χ1) is 14.8. The maximum Gasteiger partial charge on any atom is 0.191 e. The van der Waals surface area contributed by atoms with E-state index in [1.165, 1.54) is 0 Å². The van der Waals surface area contributed by atoms with Crippen molar-refractivity contribution < 1.29 is 9.47 Å². The summed E-state index contributed by atoms with van der Waals surface area (Å²) in [5, 5.41) is 6.72. The Balaban J connectivity index is 0.00000341. The summed E-state index contributed by atoms with van der Waals surface area (Å²) >= 11 is 0. The van der Waals surface area contributed by atoms with Crippen LogP contribution in [0.25, 0.3) is 11.3 Å². The number of hydrogen-bond donors (Lipinski definition) is 2. The molecule has 7 heteroatoms. The summed E-state index contributed by atoms with van der Waals surface area (Å²) in [6.07, 6.45) is 5.03. The number of rotatable bonds is 10. The van der Waals surface area contributed by atoms with Gasteiger partial charge in [-0.2, -0.15) is 0 Å². The van der Waals surface area contributed by atoms with Gasteiger partial charge in [-0.3, -0.25) is 4.98 Å². The summed E-state index contributed by atoms with van der Waals surface area (Å²) in [5.74, 6) is 1.50. The lowest BCUT2D eigenvalue weighted by atomic mass is 10.0. The Hall–Kier alpha value is -1.71. The second-order valence-electron chi connectivity index (χ2n) is 7.52. The number of ether oxygens (including phenoxy) is 2. The Labute approximate surface area is 203 Å². The lowest BCUT2D eigenvalue weighted by Crippen LogP contribution is -2.38. The molecule has 1 aromatic heterocycles. The summed E-state index contributed by atoms with van der Waals surface area (Å²) in [4.78, 5) is 9.16. The van der Waals surface area contributed by atoms with E-state index in [2.05, 4.69) is 46.8 Å². The van der Waals surface area contributed by atoms with Crippen molar-refractivity contribution in [3.05, 3.63) is 54.2 Å². The van der Waals surface area contributed by atoms with Crippen LogP contribution in [-0.4, -0.2) is 50.5 Å². The van der Waals surface area contributed by atoms with Gasteiger partial charge in [0.15, 0.2) is 5.96 Å². The van der Waals surface area contributed by atoms with Crippen molar-refractivity contribution in [3.63, 3.8) is 0 Å². The van der Waals surface area contributed by atoms with Gasteiger partial charge in [0.1, 0.15) is 0 Å². The molecule has 1 saturated heterocycles.